The third-order valence-corrected chi connectivity index (χ3v) is 5.59. The van der Waals surface area contributed by atoms with Gasteiger partial charge in [0.2, 0.25) is 0 Å². The van der Waals surface area contributed by atoms with Crippen LogP contribution in [0.15, 0.2) is 40.3 Å². The number of anilines is 1. The minimum Gasteiger partial charge on any atom is -0.343 e. The van der Waals surface area contributed by atoms with E-state index in [1.807, 2.05) is 13.8 Å². The summed E-state index contributed by atoms with van der Waals surface area (Å²) in [5.74, 6) is -0.323. The van der Waals surface area contributed by atoms with Gasteiger partial charge in [0, 0.05) is 35.7 Å². The van der Waals surface area contributed by atoms with Gasteiger partial charge in [-0.2, -0.15) is 14.7 Å². The minimum atomic E-state index is -0.694. The van der Waals surface area contributed by atoms with Gasteiger partial charge in [0.05, 0.1) is 10.5 Å². The molecule has 11 nitrogen and oxygen atoms in total. The Morgan fingerprint density at radius 3 is 2.63 bits per heavy atom. The van der Waals surface area contributed by atoms with Crippen LogP contribution in [0.25, 0.3) is 5.78 Å². The highest BCUT2D eigenvalue weighted by Gasteiger charge is 2.42. The highest BCUT2D eigenvalue weighted by atomic mass is 16.6. The topological polar surface area (TPSA) is 148 Å². The van der Waals surface area contributed by atoms with Gasteiger partial charge < -0.3 is 5.32 Å². The van der Waals surface area contributed by atoms with Crippen molar-refractivity contribution in [1.82, 2.24) is 25.0 Å². The molecule has 152 valence electrons. The van der Waals surface area contributed by atoms with Gasteiger partial charge in [-0.05, 0) is 22.6 Å². The molecule has 0 amide bonds. The Bertz CT molecular complexity index is 1320. The summed E-state index contributed by atoms with van der Waals surface area (Å²) >= 11 is 0. The molecule has 2 N–H and O–H groups in total. The molecule has 1 aromatic carbocycles. The molecule has 5 rings (SSSR count). The molecule has 11 heteroatoms. The Hall–Kier alpha value is -3.89. The number of H-pyrrole nitrogens is 1. The first-order valence-corrected chi connectivity index (χ1v) is 9.36. The number of carbonyl (C=O) groups excluding carboxylic acids is 1. The first-order chi connectivity index (χ1) is 14.2. The molecule has 3 aromatic rings. The Kier molecular flexibility index (Phi) is 3.66. The standard InChI is InChI=1S/C19H17N7O4/c1-19(2)7-11-14(12(27)8-19)13(9-3-5-10(6-4-9)26(29)30)15-16(20-11)21-18-22-23-24-25(18)17(15)28/h3-6,13,20H,7-8H2,1-2H3,(H,21,22,24). The largest absolute Gasteiger partial charge is 0.343 e. The van der Waals surface area contributed by atoms with E-state index in [1.165, 1.54) is 12.1 Å². The summed E-state index contributed by atoms with van der Waals surface area (Å²) in [6.07, 6.45) is 0.950. The number of nitrogens with one attached hydrogen (secondary N) is 2. The quantitative estimate of drug-likeness (QED) is 0.483. The molecule has 30 heavy (non-hydrogen) atoms. The molecule has 0 saturated heterocycles. The van der Waals surface area contributed by atoms with Gasteiger partial charge in [0.15, 0.2) is 5.78 Å². The summed E-state index contributed by atoms with van der Waals surface area (Å²) in [5.41, 5.74) is 1.36. The number of ketones is 1. The molecule has 1 unspecified atom stereocenters. The SMILES string of the molecule is CC1(C)CC(=O)C2=C(C1)Nc1nc3nn[nH]n3c(=O)c1C2c1ccc([N+](=O)[O-])cc1. The normalized spacial score (nSPS) is 19.9. The summed E-state index contributed by atoms with van der Waals surface area (Å²) in [5, 5.41) is 24.2. The van der Waals surface area contributed by atoms with Crippen LogP contribution in [0.1, 0.15) is 43.7 Å². The number of nitro benzene ring substituents is 1. The number of rotatable bonds is 2. The van der Waals surface area contributed by atoms with Crippen molar-refractivity contribution in [3.8, 4) is 0 Å². The van der Waals surface area contributed by atoms with Gasteiger partial charge >= 0.3 is 0 Å². The number of aromatic nitrogens is 5. The van der Waals surface area contributed by atoms with Crippen molar-refractivity contribution >= 4 is 23.1 Å². The summed E-state index contributed by atoms with van der Waals surface area (Å²) in [6.45, 7) is 4.02. The minimum absolute atomic E-state index is 0.0602. The zero-order chi connectivity index (χ0) is 21.2. The van der Waals surface area contributed by atoms with Gasteiger partial charge in [-0.15, -0.1) is 0 Å². The first kappa shape index (κ1) is 18.2. The van der Waals surface area contributed by atoms with Crippen LogP contribution in [-0.2, 0) is 4.79 Å². The van der Waals surface area contributed by atoms with E-state index in [0.717, 1.165) is 4.52 Å². The number of hydrogen-bond donors (Lipinski definition) is 2. The van der Waals surface area contributed by atoms with Crippen molar-refractivity contribution in [3.05, 3.63) is 67.1 Å². The van der Waals surface area contributed by atoms with E-state index in [2.05, 4.69) is 25.8 Å². The smallest absolute Gasteiger partial charge is 0.281 e. The van der Waals surface area contributed by atoms with Crippen LogP contribution in [0.4, 0.5) is 11.5 Å². The second-order valence-electron chi connectivity index (χ2n) is 8.35. The molecular formula is C19H17N7O4. The van der Waals surface area contributed by atoms with Gasteiger partial charge in [0.25, 0.3) is 17.0 Å². The molecule has 0 spiro atoms. The molecule has 0 radical (unpaired) electrons. The highest BCUT2D eigenvalue weighted by Crippen LogP contribution is 2.47. The number of Topliss-reactive ketones (excluding diaryl/α,β-unsaturated/α-hetero) is 1. The summed E-state index contributed by atoms with van der Waals surface area (Å²) in [7, 11) is 0. The number of hydrogen-bond acceptors (Lipinski definition) is 8. The van der Waals surface area contributed by atoms with Crippen LogP contribution in [0.5, 0.6) is 0 Å². The number of benzene rings is 1. The lowest BCUT2D eigenvalue weighted by Crippen LogP contribution is -2.37. The lowest BCUT2D eigenvalue weighted by molar-refractivity contribution is -0.384. The lowest BCUT2D eigenvalue weighted by Gasteiger charge is -2.38. The van der Waals surface area contributed by atoms with Crippen molar-refractivity contribution in [3.63, 3.8) is 0 Å². The second kappa shape index (κ2) is 6.05. The molecule has 0 fully saturated rings. The van der Waals surface area contributed by atoms with Crippen LogP contribution in [-0.4, -0.2) is 35.7 Å². The Balaban J connectivity index is 1.78. The van der Waals surface area contributed by atoms with E-state index < -0.39 is 16.4 Å². The second-order valence-corrected chi connectivity index (χ2v) is 8.35. The number of aromatic amines is 1. The van der Waals surface area contributed by atoms with E-state index in [1.54, 1.807) is 12.1 Å². The lowest BCUT2D eigenvalue weighted by atomic mass is 9.69. The highest BCUT2D eigenvalue weighted by molar-refractivity contribution is 6.01. The molecule has 2 aromatic heterocycles. The third-order valence-electron chi connectivity index (χ3n) is 5.59. The number of tetrazole rings is 1. The fraction of sp³-hybridized carbons (Fsp3) is 0.316. The monoisotopic (exact) mass is 407 g/mol. The number of nitrogens with zero attached hydrogens (tertiary/aromatic N) is 5. The van der Waals surface area contributed by atoms with Crippen molar-refractivity contribution in [2.45, 2.75) is 32.6 Å². The first-order valence-electron chi connectivity index (χ1n) is 9.36. The Labute approximate surface area is 168 Å². The van der Waals surface area contributed by atoms with Gasteiger partial charge in [-0.25, -0.2) is 0 Å². The fourth-order valence-corrected chi connectivity index (χ4v) is 4.34. The number of non-ortho nitro benzene ring substituents is 1. The molecule has 1 aliphatic carbocycles. The van der Waals surface area contributed by atoms with E-state index in [4.69, 9.17) is 0 Å². The van der Waals surface area contributed by atoms with Gasteiger partial charge in [0.1, 0.15) is 5.82 Å². The number of carbonyl (C=O) groups is 1. The predicted octanol–water partition coefficient (Wildman–Crippen LogP) is 1.92. The van der Waals surface area contributed by atoms with E-state index in [-0.39, 0.29) is 28.2 Å². The molecule has 0 saturated carbocycles. The zero-order valence-corrected chi connectivity index (χ0v) is 16.2. The van der Waals surface area contributed by atoms with Crippen molar-refractivity contribution in [1.29, 1.82) is 0 Å². The van der Waals surface area contributed by atoms with Crippen LogP contribution in [0.2, 0.25) is 0 Å². The van der Waals surface area contributed by atoms with Crippen LogP contribution in [0.3, 0.4) is 0 Å². The average Bonchev–Trinajstić information content (AvgIpc) is 3.14. The van der Waals surface area contributed by atoms with Crippen molar-refractivity contribution in [2.75, 3.05) is 5.32 Å². The number of fused-ring (bicyclic) bond motifs is 2. The Morgan fingerprint density at radius 1 is 1.20 bits per heavy atom. The van der Waals surface area contributed by atoms with Crippen molar-refractivity contribution < 1.29 is 9.72 Å². The maximum absolute atomic E-state index is 13.2. The summed E-state index contributed by atoms with van der Waals surface area (Å²) in [4.78, 5) is 41.4. The number of nitro groups is 1. The van der Waals surface area contributed by atoms with Gasteiger partial charge in [-0.3, -0.25) is 19.7 Å². The van der Waals surface area contributed by atoms with Gasteiger partial charge in [-0.1, -0.05) is 31.1 Å². The number of allylic oxidation sites excluding steroid dienone is 2. The summed E-state index contributed by atoms with van der Waals surface area (Å²) < 4.78 is 1.11. The predicted molar refractivity (Wildman–Crippen MR) is 105 cm³/mol. The van der Waals surface area contributed by atoms with E-state index in [9.17, 15) is 19.7 Å². The maximum atomic E-state index is 13.2. The van der Waals surface area contributed by atoms with Crippen LogP contribution >= 0.6 is 0 Å². The van der Waals surface area contributed by atoms with Crippen LogP contribution in [0, 0.1) is 15.5 Å². The fourth-order valence-electron chi connectivity index (χ4n) is 4.34. The molecular weight excluding hydrogens is 390 g/mol. The molecule has 1 atom stereocenters. The zero-order valence-electron chi connectivity index (χ0n) is 16.2. The summed E-state index contributed by atoms with van der Waals surface area (Å²) in [6, 6.07) is 5.90. The maximum Gasteiger partial charge on any atom is 0.281 e. The third kappa shape index (κ3) is 2.62. The molecule has 2 aliphatic rings. The molecule has 1 aliphatic heterocycles. The Morgan fingerprint density at radius 2 is 1.93 bits per heavy atom. The van der Waals surface area contributed by atoms with E-state index in [0.29, 0.717) is 35.5 Å². The van der Waals surface area contributed by atoms with Crippen molar-refractivity contribution in [2.24, 2.45) is 5.41 Å². The van der Waals surface area contributed by atoms with E-state index >= 15 is 0 Å². The molecule has 3 heterocycles. The van der Waals surface area contributed by atoms with Crippen LogP contribution < -0.4 is 10.9 Å². The molecule has 0 bridgehead atoms. The average molecular weight is 407 g/mol.